The highest BCUT2D eigenvalue weighted by atomic mass is 35.5. The Bertz CT molecular complexity index is 276. The van der Waals surface area contributed by atoms with Crippen LogP contribution in [0.3, 0.4) is 0 Å². The molecule has 70 valence electrons. The maximum atomic E-state index is 10.8. The van der Waals surface area contributed by atoms with E-state index in [2.05, 4.69) is 4.29 Å². The van der Waals surface area contributed by atoms with Gasteiger partial charge in [-0.1, -0.05) is 18.2 Å². The number of benzene rings is 1. The number of hydrogen-bond donors (Lipinski definition) is 0. The van der Waals surface area contributed by atoms with Gasteiger partial charge in [-0.15, -0.1) is 0 Å². The number of carbonyl (C=O) groups excluding carboxylic acids is 1. The summed E-state index contributed by atoms with van der Waals surface area (Å²) in [4.78, 5) is 12.6. The molecule has 13 heavy (non-hydrogen) atoms. The highest BCUT2D eigenvalue weighted by Gasteiger charge is 2.06. The Morgan fingerprint density at radius 2 is 2.08 bits per heavy atom. The van der Waals surface area contributed by atoms with Crippen LogP contribution in [0.15, 0.2) is 30.3 Å². The van der Waals surface area contributed by atoms with E-state index in [-0.39, 0.29) is 6.54 Å². The molecular weight excluding hydrogens is 190 g/mol. The molecule has 0 aliphatic carbocycles. The molecule has 3 nitrogen and oxygen atoms in total. The van der Waals surface area contributed by atoms with Crippen LogP contribution in [-0.2, 0) is 9.08 Å². The highest BCUT2D eigenvalue weighted by molar-refractivity contribution is 6.13. The normalized spacial score (nSPS) is 9.38. The smallest absolute Gasteiger partial charge is 0.343 e. The maximum Gasteiger partial charge on any atom is 0.343 e. The third-order valence-electron chi connectivity index (χ3n) is 1.65. The van der Waals surface area contributed by atoms with Crippen LogP contribution >= 0.6 is 11.9 Å². The fourth-order valence-electron chi connectivity index (χ4n) is 0.992. The molecule has 1 aromatic rings. The van der Waals surface area contributed by atoms with Gasteiger partial charge >= 0.3 is 5.97 Å². The van der Waals surface area contributed by atoms with Gasteiger partial charge in [-0.2, -0.15) is 0 Å². The monoisotopic (exact) mass is 199 g/mol. The number of nitrogens with zero attached hydrogens (tertiary/aromatic N) is 1. The quantitative estimate of drug-likeness (QED) is 0.744. The van der Waals surface area contributed by atoms with Crippen LogP contribution in [0.25, 0.3) is 0 Å². The summed E-state index contributed by atoms with van der Waals surface area (Å²) in [6, 6.07) is 9.52. The van der Waals surface area contributed by atoms with Crippen LogP contribution in [0, 0.1) is 0 Å². The number of hydrogen-bond acceptors (Lipinski definition) is 3. The first-order chi connectivity index (χ1) is 6.24. The summed E-state index contributed by atoms with van der Waals surface area (Å²) < 4.78 is 4.03. The van der Waals surface area contributed by atoms with Gasteiger partial charge in [0.05, 0.1) is 0 Å². The lowest BCUT2D eigenvalue weighted by Gasteiger charge is -2.16. The molecule has 0 amide bonds. The van der Waals surface area contributed by atoms with Crippen LogP contribution in [0.4, 0.5) is 5.69 Å². The standard InChI is InChI=1S/C9H10ClNO2/c1-11(7-9(12)13-10)8-5-3-2-4-6-8/h2-6H,7H2,1H3. The van der Waals surface area contributed by atoms with Crippen molar-refractivity contribution in [1.82, 2.24) is 0 Å². The van der Waals surface area contributed by atoms with Crippen molar-refractivity contribution in [2.24, 2.45) is 0 Å². The topological polar surface area (TPSA) is 29.5 Å². The number of likely N-dealkylation sites (N-methyl/N-ethyl adjacent to an activating group) is 1. The number of rotatable bonds is 3. The molecule has 0 aliphatic rings. The van der Waals surface area contributed by atoms with Crippen LogP contribution in [-0.4, -0.2) is 19.6 Å². The summed E-state index contributed by atoms with van der Waals surface area (Å²) in [6.07, 6.45) is 0. The van der Waals surface area contributed by atoms with Crippen LogP contribution < -0.4 is 4.90 Å². The second kappa shape index (κ2) is 4.72. The average molecular weight is 200 g/mol. The lowest BCUT2D eigenvalue weighted by molar-refractivity contribution is -0.132. The van der Waals surface area contributed by atoms with E-state index in [0.29, 0.717) is 0 Å². The van der Waals surface area contributed by atoms with Gasteiger partial charge in [0.1, 0.15) is 18.4 Å². The van der Waals surface area contributed by atoms with Gasteiger partial charge < -0.3 is 9.19 Å². The Labute approximate surface area is 82.0 Å². The molecule has 0 aliphatic heterocycles. The van der Waals surface area contributed by atoms with Crippen LogP contribution in [0.1, 0.15) is 0 Å². The van der Waals surface area contributed by atoms with E-state index in [1.165, 1.54) is 0 Å². The van der Waals surface area contributed by atoms with Crippen molar-refractivity contribution < 1.29 is 9.08 Å². The zero-order valence-corrected chi connectivity index (χ0v) is 7.99. The summed E-state index contributed by atoms with van der Waals surface area (Å²) in [7, 11) is 1.79. The molecule has 0 saturated heterocycles. The molecule has 0 heterocycles. The van der Waals surface area contributed by atoms with E-state index in [9.17, 15) is 4.79 Å². The Morgan fingerprint density at radius 3 is 2.62 bits per heavy atom. The fraction of sp³-hybridized carbons (Fsp3) is 0.222. The Balaban J connectivity index is 2.59. The molecule has 0 radical (unpaired) electrons. The first-order valence-electron chi connectivity index (χ1n) is 3.81. The molecule has 4 heteroatoms. The summed E-state index contributed by atoms with van der Waals surface area (Å²) in [5.41, 5.74) is 0.949. The van der Waals surface area contributed by atoms with Gasteiger partial charge in [0.15, 0.2) is 0 Å². The second-order valence-corrected chi connectivity index (χ2v) is 2.80. The zero-order valence-electron chi connectivity index (χ0n) is 7.24. The van der Waals surface area contributed by atoms with E-state index >= 15 is 0 Å². The predicted octanol–water partition coefficient (Wildman–Crippen LogP) is 1.82. The van der Waals surface area contributed by atoms with E-state index < -0.39 is 5.97 Å². The minimum atomic E-state index is -0.465. The average Bonchev–Trinajstić information content (AvgIpc) is 2.19. The van der Waals surface area contributed by atoms with Crippen molar-refractivity contribution in [3.63, 3.8) is 0 Å². The molecule has 0 spiro atoms. The summed E-state index contributed by atoms with van der Waals surface area (Å²) >= 11 is 4.91. The number of anilines is 1. The minimum absolute atomic E-state index is 0.146. The molecule has 0 unspecified atom stereocenters. The third-order valence-corrected chi connectivity index (χ3v) is 1.82. The van der Waals surface area contributed by atoms with Gasteiger partial charge in [0.2, 0.25) is 0 Å². The fourth-order valence-corrected chi connectivity index (χ4v) is 1.04. The first-order valence-corrected chi connectivity index (χ1v) is 4.12. The Kier molecular flexibility index (Phi) is 3.58. The largest absolute Gasteiger partial charge is 0.364 e. The van der Waals surface area contributed by atoms with E-state index in [4.69, 9.17) is 11.9 Å². The van der Waals surface area contributed by atoms with Gasteiger partial charge in [0.25, 0.3) is 0 Å². The van der Waals surface area contributed by atoms with E-state index in [0.717, 1.165) is 5.69 Å². The van der Waals surface area contributed by atoms with Gasteiger partial charge in [-0.05, 0) is 12.1 Å². The zero-order chi connectivity index (χ0) is 9.68. The SMILES string of the molecule is CN(CC(=O)OCl)c1ccccc1. The summed E-state index contributed by atoms with van der Waals surface area (Å²) in [5, 5.41) is 0. The maximum absolute atomic E-state index is 10.8. The second-order valence-electron chi connectivity index (χ2n) is 2.64. The molecule has 0 fully saturated rings. The summed E-state index contributed by atoms with van der Waals surface area (Å²) in [6.45, 7) is 0.146. The summed E-state index contributed by atoms with van der Waals surface area (Å²) in [5.74, 6) is -0.465. The van der Waals surface area contributed by atoms with Crippen molar-refractivity contribution in [2.45, 2.75) is 0 Å². The third kappa shape index (κ3) is 2.95. The van der Waals surface area contributed by atoms with Crippen molar-refractivity contribution in [3.8, 4) is 0 Å². The van der Waals surface area contributed by atoms with E-state index in [1.807, 2.05) is 30.3 Å². The van der Waals surface area contributed by atoms with Crippen LogP contribution in [0.5, 0.6) is 0 Å². The van der Waals surface area contributed by atoms with Gasteiger partial charge in [-0.25, -0.2) is 4.79 Å². The first kappa shape index (κ1) is 9.86. The Morgan fingerprint density at radius 1 is 1.46 bits per heavy atom. The number of halogens is 1. The lowest BCUT2D eigenvalue weighted by atomic mass is 10.3. The lowest BCUT2D eigenvalue weighted by Crippen LogP contribution is -2.25. The van der Waals surface area contributed by atoms with Crippen LogP contribution in [0.2, 0.25) is 0 Å². The van der Waals surface area contributed by atoms with Gasteiger partial charge in [-0.3, -0.25) is 0 Å². The molecule has 0 N–H and O–H groups in total. The Hall–Kier alpha value is -1.22. The molecular formula is C9H10ClNO2. The van der Waals surface area contributed by atoms with Gasteiger partial charge in [0, 0.05) is 12.7 Å². The molecule has 1 rings (SSSR count). The highest BCUT2D eigenvalue weighted by Crippen LogP contribution is 2.10. The molecule has 0 atom stereocenters. The van der Waals surface area contributed by atoms with E-state index in [1.54, 1.807) is 11.9 Å². The molecule has 0 bridgehead atoms. The number of carbonyl (C=O) groups is 1. The van der Waals surface area contributed by atoms with Crippen molar-refractivity contribution >= 4 is 23.5 Å². The minimum Gasteiger partial charge on any atom is -0.364 e. The van der Waals surface area contributed by atoms with Crippen molar-refractivity contribution in [3.05, 3.63) is 30.3 Å². The van der Waals surface area contributed by atoms with Crippen molar-refractivity contribution in [1.29, 1.82) is 0 Å². The predicted molar refractivity (Wildman–Crippen MR) is 51.7 cm³/mol. The molecule has 0 aromatic heterocycles. The molecule has 0 saturated carbocycles. The van der Waals surface area contributed by atoms with Crippen molar-refractivity contribution in [2.75, 3.05) is 18.5 Å². The molecule has 1 aromatic carbocycles. The number of para-hydroxylation sites is 1.